The monoisotopic (exact) mass is 610 g/mol. The van der Waals surface area contributed by atoms with Crippen LogP contribution in [-0.2, 0) is 21.0 Å². The number of carboxylic acid groups (broad SMARTS) is 1. The van der Waals surface area contributed by atoms with Crippen LogP contribution in [0, 0.1) is 29.6 Å². The van der Waals surface area contributed by atoms with Gasteiger partial charge in [0.05, 0.1) is 16.9 Å². The fraction of sp³-hybridized carbons (Fsp3) is 0.400. The van der Waals surface area contributed by atoms with Crippen molar-refractivity contribution in [3.63, 3.8) is 0 Å². The van der Waals surface area contributed by atoms with Crippen LogP contribution in [0.25, 0.3) is 0 Å². The maximum Gasteiger partial charge on any atom is 0.305 e. The summed E-state index contributed by atoms with van der Waals surface area (Å²) in [5, 5.41) is 10.7. The molecule has 212 valence electrons. The second kappa shape index (κ2) is 10.3. The van der Waals surface area contributed by atoms with Gasteiger partial charge >= 0.3 is 10.8 Å². The third-order valence-corrected chi connectivity index (χ3v) is 11.9. The quantitative estimate of drug-likeness (QED) is 0.345. The molecule has 7 atom stereocenters. The molecule has 3 fully saturated rings. The number of imide groups is 1. The van der Waals surface area contributed by atoms with E-state index in [0.717, 1.165) is 33.2 Å². The van der Waals surface area contributed by atoms with Gasteiger partial charge in [-0.2, -0.15) is 0 Å². The lowest BCUT2D eigenvalue weighted by Crippen LogP contribution is -2.42. The van der Waals surface area contributed by atoms with Crippen molar-refractivity contribution in [2.75, 3.05) is 6.54 Å². The number of carbonyl (C=O) groups is 3. The van der Waals surface area contributed by atoms with E-state index >= 15 is 0 Å². The molecular weight excluding hydrogens is 584 g/mol. The standard InChI is InChI=1S/C30H27ClN2O6S2/c31-16-4-1-3-14(11-16)13-39-17-8-6-15(7-9-17)21-22-18-12-19(25(22)40-27-26(21)41-30(38)32-27)24-23(18)28(36)33(29(24)37)10-2-5-20(34)35/h1,3-4,6-9,11,18-19,21-25H,2,5,10,12-13H2,(H,32,38)(H,34,35)/t18?,19?,21-,22?,23?,24?,25?/m1/s1. The summed E-state index contributed by atoms with van der Waals surface area (Å²) in [7, 11) is 0. The summed E-state index contributed by atoms with van der Waals surface area (Å²) in [6, 6.07) is 15.5. The van der Waals surface area contributed by atoms with Gasteiger partial charge in [0.2, 0.25) is 11.8 Å². The number of aromatic nitrogens is 1. The number of nitrogens with one attached hydrogen (secondary N) is 1. The highest BCUT2D eigenvalue weighted by Gasteiger charge is 2.69. The van der Waals surface area contributed by atoms with Crippen molar-refractivity contribution in [3.05, 3.63) is 79.2 Å². The molecule has 4 aliphatic rings. The molecule has 2 aliphatic carbocycles. The number of hydrogen-bond acceptors (Lipinski definition) is 7. The molecule has 3 heterocycles. The number of nitrogens with zero attached hydrogens (tertiary/aromatic N) is 1. The normalized spacial score (nSPS) is 29.4. The average Bonchev–Trinajstić information content (AvgIpc) is 3.68. The fourth-order valence-electron chi connectivity index (χ4n) is 7.63. The van der Waals surface area contributed by atoms with E-state index in [1.54, 1.807) is 11.8 Å². The molecule has 2 N–H and O–H groups in total. The molecule has 8 nitrogen and oxygen atoms in total. The average molecular weight is 611 g/mol. The Labute approximate surface area is 249 Å². The SMILES string of the molecule is O=C(O)CCCN1C(=O)C2C3CC(C2C1=O)C1C3Sc2[nH]c(=O)sc2[C@@H]1c1ccc(OCc2cccc(Cl)c2)cc1. The zero-order valence-electron chi connectivity index (χ0n) is 21.8. The van der Waals surface area contributed by atoms with Gasteiger partial charge in [0.25, 0.3) is 0 Å². The minimum absolute atomic E-state index is 0.0255. The van der Waals surface area contributed by atoms with Crippen LogP contribution in [0.1, 0.15) is 41.2 Å². The van der Waals surface area contributed by atoms with Crippen LogP contribution in [-0.4, -0.2) is 44.6 Å². The highest BCUT2D eigenvalue weighted by atomic mass is 35.5. The largest absolute Gasteiger partial charge is 0.489 e. The third kappa shape index (κ3) is 4.51. The molecule has 0 spiro atoms. The van der Waals surface area contributed by atoms with Crippen molar-refractivity contribution in [2.24, 2.45) is 29.6 Å². The summed E-state index contributed by atoms with van der Waals surface area (Å²) in [6.07, 6.45) is 0.999. The topological polar surface area (TPSA) is 117 Å². The van der Waals surface area contributed by atoms with Gasteiger partial charge in [0.1, 0.15) is 12.4 Å². The van der Waals surface area contributed by atoms with E-state index < -0.39 is 5.97 Å². The number of thioether (sulfide) groups is 1. The van der Waals surface area contributed by atoms with Gasteiger partial charge in [-0.1, -0.05) is 47.2 Å². The molecule has 2 aliphatic heterocycles. The van der Waals surface area contributed by atoms with E-state index in [1.165, 1.54) is 16.2 Å². The highest BCUT2D eigenvalue weighted by Crippen LogP contribution is 2.68. The Balaban J connectivity index is 1.16. The number of aliphatic carboxylic acids is 1. The number of hydrogen-bond donors (Lipinski definition) is 2. The Hall–Kier alpha value is -3.08. The van der Waals surface area contributed by atoms with Crippen LogP contribution in [0.15, 0.2) is 58.4 Å². The predicted molar refractivity (Wildman–Crippen MR) is 154 cm³/mol. The van der Waals surface area contributed by atoms with Gasteiger partial charge in [-0.25, -0.2) is 0 Å². The van der Waals surface area contributed by atoms with Gasteiger partial charge in [-0.05, 0) is 66.0 Å². The molecule has 6 unspecified atom stereocenters. The van der Waals surface area contributed by atoms with Crippen molar-refractivity contribution in [1.29, 1.82) is 0 Å². The minimum atomic E-state index is -0.935. The van der Waals surface area contributed by atoms with E-state index in [1.807, 2.05) is 48.5 Å². The summed E-state index contributed by atoms with van der Waals surface area (Å²) in [4.78, 5) is 55.7. The molecule has 2 amide bonds. The third-order valence-electron chi connectivity index (χ3n) is 9.12. The molecule has 3 aromatic rings. The summed E-state index contributed by atoms with van der Waals surface area (Å²) in [5.74, 6) is -1.15. The lowest BCUT2D eigenvalue weighted by molar-refractivity contribution is -0.142. The van der Waals surface area contributed by atoms with E-state index in [0.29, 0.717) is 11.6 Å². The van der Waals surface area contributed by atoms with Crippen LogP contribution >= 0.6 is 34.7 Å². The predicted octanol–water partition coefficient (Wildman–Crippen LogP) is 5.01. The summed E-state index contributed by atoms with van der Waals surface area (Å²) in [6.45, 7) is 0.541. The Morgan fingerprint density at radius 2 is 1.83 bits per heavy atom. The second-order valence-electron chi connectivity index (χ2n) is 11.3. The number of amides is 2. The molecule has 11 heteroatoms. The van der Waals surface area contributed by atoms with Gasteiger partial charge in [0, 0.05) is 34.0 Å². The Morgan fingerprint density at radius 3 is 2.56 bits per heavy atom. The molecule has 41 heavy (non-hydrogen) atoms. The highest BCUT2D eigenvalue weighted by molar-refractivity contribution is 8.00. The molecule has 1 saturated heterocycles. The molecule has 2 bridgehead atoms. The summed E-state index contributed by atoms with van der Waals surface area (Å²) < 4.78 is 6.00. The maximum atomic E-state index is 13.6. The molecular formula is C30H27ClN2O6S2. The Bertz CT molecular complexity index is 1600. The first-order valence-corrected chi connectivity index (χ1v) is 15.8. The number of rotatable bonds is 8. The number of benzene rings is 2. The second-order valence-corrected chi connectivity index (χ2v) is 13.9. The number of carboxylic acids is 1. The molecule has 1 aromatic heterocycles. The van der Waals surface area contributed by atoms with Crippen molar-refractivity contribution < 1.29 is 24.2 Å². The minimum Gasteiger partial charge on any atom is -0.489 e. The lowest BCUT2D eigenvalue weighted by Gasteiger charge is -2.43. The van der Waals surface area contributed by atoms with Crippen LogP contribution in [0.3, 0.4) is 0 Å². The van der Waals surface area contributed by atoms with E-state index in [-0.39, 0.29) is 76.8 Å². The number of halogens is 1. The van der Waals surface area contributed by atoms with Gasteiger partial charge in [-0.15, -0.1) is 11.8 Å². The summed E-state index contributed by atoms with van der Waals surface area (Å²) >= 11 is 8.98. The molecule has 2 saturated carbocycles. The van der Waals surface area contributed by atoms with Crippen LogP contribution in [0.4, 0.5) is 0 Å². The van der Waals surface area contributed by atoms with E-state index in [4.69, 9.17) is 21.4 Å². The molecule has 2 aromatic carbocycles. The van der Waals surface area contributed by atoms with Crippen LogP contribution in [0.5, 0.6) is 5.75 Å². The van der Waals surface area contributed by atoms with Crippen molar-refractivity contribution in [1.82, 2.24) is 9.88 Å². The molecule has 0 radical (unpaired) electrons. The van der Waals surface area contributed by atoms with E-state index in [9.17, 15) is 19.2 Å². The number of fused-ring (bicyclic) bond motifs is 9. The maximum absolute atomic E-state index is 13.6. The Morgan fingerprint density at radius 1 is 1.07 bits per heavy atom. The van der Waals surface area contributed by atoms with E-state index in [2.05, 4.69) is 4.98 Å². The smallest absolute Gasteiger partial charge is 0.305 e. The summed E-state index contributed by atoms with van der Waals surface area (Å²) in [5.41, 5.74) is 2.03. The molecule has 7 rings (SSSR count). The first-order valence-electron chi connectivity index (χ1n) is 13.7. The fourth-order valence-corrected chi connectivity index (χ4v) is 10.7. The van der Waals surface area contributed by atoms with Gasteiger partial charge in [0.15, 0.2) is 0 Å². The first kappa shape index (κ1) is 26.8. The van der Waals surface area contributed by atoms with Gasteiger partial charge in [-0.3, -0.25) is 24.1 Å². The Kier molecular flexibility index (Phi) is 6.75. The van der Waals surface area contributed by atoms with Crippen molar-refractivity contribution in [2.45, 2.75) is 42.1 Å². The number of H-pyrrole nitrogens is 1. The van der Waals surface area contributed by atoms with Crippen LogP contribution < -0.4 is 9.61 Å². The lowest BCUT2D eigenvalue weighted by atomic mass is 9.68. The zero-order valence-corrected chi connectivity index (χ0v) is 24.2. The number of aromatic amines is 1. The number of likely N-dealkylation sites (tertiary alicyclic amines) is 1. The van der Waals surface area contributed by atoms with Gasteiger partial charge < -0.3 is 14.8 Å². The number of thiazole rings is 1. The van der Waals surface area contributed by atoms with Crippen molar-refractivity contribution in [3.8, 4) is 5.75 Å². The zero-order chi connectivity index (χ0) is 28.4. The first-order chi connectivity index (χ1) is 19.8. The van der Waals surface area contributed by atoms with Crippen molar-refractivity contribution >= 4 is 52.5 Å². The number of ether oxygens (including phenoxy) is 1. The number of carbonyl (C=O) groups excluding carboxylic acids is 2. The van der Waals surface area contributed by atoms with Crippen LogP contribution in [0.2, 0.25) is 5.02 Å².